The zero-order valence-electron chi connectivity index (χ0n) is 26.1. The van der Waals surface area contributed by atoms with Crippen molar-refractivity contribution in [1.29, 1.82) is 0 Å². The molecule has 2 aliphatic heterocycles. The van der Waals surface area contributed by atoms with Gasteiger partial charge in [0.05, 0.1) is 21.9 Å². The standard InChI is InChI=1S/C34H32N6O4S2.Na/c1-24-5-15-29(16-6-24)46(43,44)38-32(41)23-26-7-11-27(12-8-26)36-34-37-33(42)30(45-34)22-25-9-13-28(14-10-25)39-18-20-40(21-19-39)31-4-2-3-17-35-31;/h2-17,22H,18-21,23H2,1H3,(H,38,41)(H,36,37,42);. The maximum Gasteiger partial charge on any atom is 0.264 e. The molecule has 0 aliphatic carbocycles. The summed E-state index contributed by atoms with van der Waals surface area (Å²) in [4.78, 5) is 39.3. The summed E-state index contributed by atoms with van der Waals surface area (Å²) in [6.45, 7) is 5.46. The van der Waals surface area contributed by atoms with Gasteiger partial charge >= 0.3 is 0 Å². The van der Waals surface area contributed by atoms with Gasteiger partial charge in [-0.25, -0.2) is 23.1 Å². The van der Waals surface area contributed by atoms with E-state index in [4.69, 9.17) is 0 Å². The van der Waals surface area contributed by atoms with Gasteiger partial charge in [0.25, 0.3) is 15.9 Å². The minimum atomic E-state index is -3.95. The maximum absolute atomic E-state index is 12.7. The first-order chi connectivity index (χ1) is 22.2. The molecule has 0 bridgehead atoms. The van der Waals surface area contributed by atoms with Crippen LogP contribution in [-0.2, 0) is 26.0 Å². The van der Waals surface area contributed by atoms with E-state index in [1.165, 1.54) is 23.9 Å². The van der Waals surface area contributed by atoms with Gasteiger partial charge in [-0.05, 0) is 84.4 Å². The summed E-state index contributed by atoms with van der Waals surface area (Å²) in [5.74, 6) is 0.149. The van der Waals surface area contributed by atoms with Gasteiger partial charge in [0.2, 0.25) is 5.91 Å². The van der Waals surface area contributed by atoms with Gasteiger partial charge in [0.1, 0.15) is 5.82 Å². The Morgan fingerprint density at radius 1 is 0.936 bits per heavy atom. The van der Waals surface area contributed by atoms with E-state index >= 15 is 0 Å². The average molecular weight is 676 g/mol. The minimum absolute atomic E-state index is 0. The van der Waals surface area contributed by atoms with E-state index in [1.54, 1.807) is 36.4 Å². The Hall–Kier alpha value is -3.94. The molecule has 2 fully saturated rings. The summed E-state index contributed by atoms with van der Waals surface area (Å²) in [6, 6.07) is 27.3. The number of benzene rings is 3. The van der Waals surface area contributed by atoms with Crippen molar-refractivity contribution in [3.8, 4) is 0 Å². The quantitative estimate of drug-likeness (QED) is 0.210. The molecule has 2 aliphatic rings. The molecule has 3 heterocycles. The van der Waals surface area contributed by atoms with Crippen LogP contribution < -0.4 is 19.8 Å². The number of amidine groups is 1. The Bertz CT molecular complexity index is 1890. The Morgan fingerprint density at radius 3 is 2.28 bits per heavy atom. The number of pyridine rings is 1. The topological polar surface area (TPSA) is 124 Å². The van der Waals surface area contributed by atoms with Crippen molar-refractivity contribution in [2.75, 3.05) is 36.0 Å². The van der Waals surface area contributed by atoms with Crippen molar-refractivity contribution in [1.82, 2.24) is 15.0 Å². The fourth-order valence-electron chi connectivity index (χ4n) is 5.10. The van der Waals surface area contributed by atoms with Crippen LogP contribution in [-0.4, -0.2) is 86.1 Å². The van der Waals surface area contributed by atoms with Crippen molar-refractivity contribution < 1.29 is 18.0 Å². The van der Waals surface area contributed by atoms with Crippen molar-refractivity contribution >= 4 is 91.6 Å². The first kappa shape index (κ1) is 34.4. The molecule has 0 saturated carbocycles. The molecule has 235 valence electrons. The van der Waals surface area contributed by atoms with Crippen LogP contribution >= 0.6 is 11.8 Å². The predicted molar refractivity (Wildman–Crippen MR) is 188 cm³/mol. The third-order valence-corrected chi connectivity index (χ3v) is 9.87. The molecule has 3 aromatic carbocycles. The van der Waals surface area contributed by atoms with Gasteiger partial charge in [-0.15, -0.1) is 0 Å². The Labute approximate surface area is 300 Å². The molecule has 2 N–H and O–H groups in total. The van der Waals surface area contributed by atoms with E-state index in [2.05, 4.69) is 41.9 Å². The van der Waals surface area contributed by atoms with E-state index in [1.807, 2.05) is 49.5 Å². The molecule has 6 rings (SSSR count). The van der Waals surface area contributed by atoms with Crippen LogP contribution in [0.25, 0.3) is 6.08 Å². The van der Waals surface area contributed by atoms with Crippen molar-refractivity contribution in [3.63, 3.8) is 0 Å². The number of hydrogen-bond acceptors (Lipinski definition) is 9. The second kappa shape index (κ2) is 15.3. The first-order valence-corrected chi connectivity index (χ1v) is 17.0. The van der Waals surface area contributed by atoms with Gasteiger partial charge in [-0.3, -0.25) is 9.59 Å². The van der Waals surface area contributed by atoms with Crippen LogP contribution in [0.15, 0.2) is 112 Å². The zero-order valence-corrected chi connectivity index (χ0v) is 29.7. The molecule has 13 heteroatoms. The number of nitrogens with zero attached hydrogens (tertiary/aromatic N) is 4. The third kappa shape index (κ3) is 8.91. The minimum Gasteiger partial charge on any atom is -0.368 e. The van der Waals surface area contributed by atoms with Crippen LogP contribution in [0, 0.1) is 6.92 Å². The maximum atomic E-state index is 12.7. The fraction of sp³-hybridized carbons (Fsp3) is 0.176. The van der Waals surface area contributed by atoms with Gasteiger partial charge < -0.3 is 15.1 Å². The zero-order chi connectivity index (χ0) is 32.1. The normalized spacial score (nSPS) is 16.6. The van der Waals surface area contributed by atoms with Gasteiger partial charge in [-0.2, -0.15) is 0 Å². The number of carbonyl (C=O) groups is 2. The summed E-state index contributed by atoms with van der Waals surface area (Å²) in [5.41, 5.74) is 4.20. The summed E-state index contributed by atoms with van der Waals surface area (Å²) in [7, 11) is -3.95. The van der Waals surface area contributed by atoms with Crippen LogP contribution in [0.2, 0.25) is 0 Å². The second-order valence-corrected chi connectivity index (χ2v) is 13.6. The average Bonchev–Trinajstić information content (AvgIpc) is 3.40. The number of sulfonamides is 1. The molecule has 0 spiro atoms. The molecule has 0 atom stereocenters. The van der Waals surface area contributed by atoms with E-state index in [-0.39, 0.29) is 46.8 Å². The van der Waals surface area contributed by atoms with Crippen molar-refractivity contribution in [2.24, 2.45) is 4.99 Å². The SMILES string of the molecule is Cc1ccc(S(=O)(=O)NC(=O)Cc2ccc(N=C3NC(=O)C(=Cc4ccc(N5CCN(c6ccccn6)CC5)cc4)S3)cc2)cc1.[Na]. The third-order valence-electron chi connectivity index (χ3n) is 7.57. The second-order valence-electron chi connectivity index (χ2n) is 10.9. The van der Waals surface area contributed by atoms with Crippen LogP contribution in [0.5, 0.6) is 0 Å². The van der Waals surface area contributed by atoms with Gasteiger partial charge in [0, 0.05) is 67.6 Å². The van der Waals surface area contributed by atoms with Gasteiger partial charge in [-0.1, -0.05) is 48.0 Å². The number of aromatic nitrogens is 1. The summed E-state index contributed by atoms with van der Waals surface area (Å²) in [6.07, 6.45) is 3.55. The molecule has 0 unspecified atom stereocenters. The number of piperazine rings is 1. The number of thioether (sulfide) groups is 1. The van der Waals surface area contributed by atoms with E-state index in [0.29, 0.717) is 21.3 Å². The number of aliphatic imine (C=N–C) groups is 1. The van der Waals surface area contributed by atoms with Crippen LogP contribution in [0.3, 0.4) is 0 Å². The molecule has 1 aromatic heterocycles. The summed E-state index contributed by atoms with van der Waals surface area (Å²) in [5, 5.41) is 3.25. The number of nitrogens with one attached hydrogen (secondary N) is 2. The van der Waals surface area contributed by atoms with E-state index in [9.17, 15) is 18.0 Å². The van der Waals surface area contributed by atoms with E-state index < -0.39 is 15.9 Å². The number of anilines is 2. The summed E-state index contributed by atoms with van der Waals surface area (Å²) >= 11 is 1.26. The molecule has 47 heavy (non-hydrogen) atoms. The van der Waals surface area contributed by atoms with Crippen LogP contribution in [0.4, 0.5) is 17.2 Å². The molecule has 10 nitrogen and oxygen atoms in total. The van der Waals surface area contributed by atoms with Crippen LogP contribution in [0.1, 0.15) is 16.7 Å². The molecular formula is C34H32N6NaO4S2. The number of carbonyl (C=O) groups excluding carboxylic acids is 2. The molecule has 2 amide bonds. The first-order valence-electron chi connectivity index (χ1n) is 14.7. The smallest absolute Gasteiger partial charge is 0.264 e. The Morgan fingerprint density at radius 2 is 1.62 bits per heavy atom. The number of amides is 2. The molecule has 2 saturated heterocycles. The molecular weight excluding hydrogens is 644 g/mol. The van der Waals surface area contributed by atoms with Crippen molar-refractivity contribution in [2.45, 2.75) is 18.2 Å². The number of aryl methyl sites for hydroxylation is 1. The predicted octanol–water partition coefficient (Wildman–Crippen LogP) is 4.28. The van der Waals surface area contributed by atoms with Gasteiger partial charge in [0.15, 0.2) is 5.17 Å². The van der Waals surface area contributed by atoms with Crippen molar-refractivity contribution in [3.05, 3.63) is 119 Å². The summed E-state index contributed by atoms with van der Waals surface area (Å²) < 4.78 is 27.1. The molecule has 4 aromatic rings. The monoisotopic (exact) mass is 675 g/mol. The number of rotatable bonds is 8. The Balaban J connectivity index is 0.00000433. The Kier molecular flexibility index (Phi) is 11.2. The van der Waals surface area contributed by atoms with E-state index in [0.717, 1.165) is 48.8 Å². The number of hydrogen-bond donors (Lipinski definition) is 2. The fourth-order valence-corrected chi connectivity index (χ4v) is 6.93. The molecule has 1 radical (unpaired) electrons. The largest absolute Gasteiger partial charge is 0.368 e.